The molecule has 1 nitrogen and oxygen atoms in total. The van der Waals surface area contributed by atoms with Crippen LogP contribution in [0.15, 0.2) is 73.1 Å². The van der Waals surface area contributed by atoms with Crippen molar-refractivity contribution in [3.8, 4) is 44.5 Å². The Bertz CT molecular complexity index is 1200. The Hall–Kier alpha value is -3.29. The van der Waals surface area contributed by atoms with Gasteiger partial charge in [0.25, 0.3) is 0 Å². The Kier molecular flexibility index (Phi) is 6.02. The summed E-state index contributed by atoms with van der Waals surface area (Å²) in [6.07, 6.45) is 5.28. The Morgan fingerprint density at radius 3 is 1.93 bits per heavy atom. The van der Waals surface area contributed by atoms with Gasteiger partial charge in [-0.05, 0) is 59.5 Å². The molecule has 0 spiro atoms. The van der Waals surface area contributed by atoms with Gasteiger partial charge in [-0.25, -0.2) is 8.78 Å². The highest BCUT2D eigenvalue weighted by atomic mass is 32.1. The minimum absolute atomic E-state index is 0.275. The summed E-state index contributed by atoms with van der Waals surface area (Å²) in [7, 11) is 0. The Morgan fingerprint density at radius 2 is 1.33 bits per heavy atom. The molecular weight excluding hydrogens is 396 g/mol. The monoisotopic (exact) mass is 415 g/mol. The largest absolute Gasteiger partial charge is 0.265 e. The van der Waals surface area contributed by atoms with Gasteiger partial charge in [-0.3, -0.25) is 4.98 Å². The zero-order chi connectivity index (χ0) is 20.9. The van der Waals surface area contributed by atoms with E-state index in [0.29, 0.717) is 0 Å². The summed E-state index contributed by atoms with van der Waals surface area (Å²) < 4.78 is 27.2. The smallest absolute Gasteiger partial charge is 0.123 e. The van der Waals surface area contributed by atoms with Gasteiger partial charge in [0.2, 0.25) is 0 Å². The highest BCUT2D eigenvalue weighted by molar-refractivity contribution is 7.17. The first-order valence-electron chi connectivity index (χ1n) is 9.75. The minimum atomic E-state index is -0.281. The highest BCUT2D eigenvalue weighted by Crippen LogP contribution is 2.47. The van der Waals surface area contributed by atoms with E-state index < -0.39 is 0 Å². The van der Waals surface area contributed by atoms with Gasteiger partial charge in [-0.15, -0.1) is 11.3 Å². The lowest BCUT2D eigenvalue weighted by molar-refractivity contribution is 0.627. The molecule has 2 aromatic heterocycles. The standard InChI is InChI=1S/C26H19F2NS/c1-2-3-4-5-23-24(18-6-10-21(27)11-7-18)25(19-14-16-29-17-15-19)26(30-23)20-8-12-22(28)13-9-20/h6-17H,2-3H2,1H3. The van der Waals surface area contributed by atoms with Crippen LogP contribution in [0.3, 0.4) is 0 Å². The molecule has 0 aliphatic rings. The summed E-state index contributed by atoms with van der Waals surface area (Å²) in [6.45, 7) is 2.09. The van der Waals surface area contributed by atoms with Gasteiger partial charge in [-0.2, -0.15) is 0 Å². The van der Waals surface area contributed by atoms with Crippen molar-refractivity contribution in [2.24, 2.45) is 0 Å². The lowest BCUT2D eigenvalue weighted by Crippen LogP contribution is -1.87. The van der Waals surface area contributed by atoms with Gasteiger partial charge in [0, 0.05) is 34.8 Å². The van der Waals surface area contributed by atoms with Gasteiger partial charge < -0.3 is 0 Å². The number of nitrogens with zero attached hydrogens (tertiary/aromatic N) is 1. The molecule has 4 aromatic rings. The second kappa shape index (κ2) is 9.02. The number of aromatic nitrogens is 1. The van der Waals surface area contributed by atoms with E-state index in [4.69, 9.17) is 0 Å². The number of rotatable bonds is 4. The molecule has 0 radical (unpaired) electrons. The van der Waals surface area contributed by atoms with E-state index in [9.17, 15) is 8.78 Å². The van der Waals surface area contributed by atoms with Crippen LogP contribution in [0.1, 0.15) is 24.6 Å². The fraction of sp³-hybridized carbons (Fsp3) is 0.115. The van der Waals surface area contributed by atoms with Crippen LogP contribution in [0.4, 0.5) is 8.78 Å². The lowest BCUT2D eigenvalue weighted by atomic mass is 9.93. The minimum Gasteiger partial charge on any atom is -0.265 e. The van der Waals surface area contributed by atoms with Crippen LogP contribution in [-0.2, 0) is 0 Å². The van der Waals surface area contributed by atoms with Gasteiger partial charge >= 0.3 is 0 Å². The van der Waals surface area contributed by atoms with E-state index in [-0.39, 0.29) is 11.6 Å². The van der Waals surface area contributed by atoms with Crippen molar-refractivity contribution in [1.29, 1.82) is 0 Å². The van der Waals surface area contributed by atoms with Gasteiger partial charge in [0.1, 0.15) is 11.6 Å². The van der Waals surface area contributed by atoms with Crippen molar-refractivity contribution in [2.45, 2.75) is 19.8 Å². The SMILES string of the molecule is CCCC#Cc1sc(-c2ccc(F)cc2)c(-c2ccncc2)c1-c1ccc(F)cc1. The van der Waals surface area contributed by atoms with Crippen LogP contribution in [0.25, 0.3) is 32.7 Å². The zero-order valence-corrected chi connectivity index (χ0v) is 17.3. The van der Waals surface area contributed by atoms with E-state index in [1.807, 2.05) is 12.1 Å². The Balaban J connectivity index is 2.03. The van der Waals surface area contributed by atoms with Crippen LogP contribution >= 0.6 is 11.3 Å². The van der Waals surface area contributed by atoms with Crippen molar-refractivity contribution < 1.29 is 8.78 Å². The number of halogens is 2. The molecule has 0 atom stereocenters. The number of hydrogen-bond acceptors (Lipinski definition) is 2. The third-order valence-corrected chi connectivity index (χ3v) is 5.85. The van der Waals surface area contributed by atoms with Gasteiger partial charge in [0.15, 0.2) is 0 Å². The number of benzene rings is 2. The molecule has 0 amide bonds. The van der Waals surface area contributed by atoms with Gasteiger partial charge in [0.05, 0.1) is 4.88 Å². The third kappa shape index (κ3) is 4.17. The summed E-state index contributed by atoms with van der Waals surface area (Å²) in [5.74, 6) is 6.01. The van der Waals surface area contributed by atoms with Crippen molar-refractivity contribution in [1.82, 2.24) is 4.98 Å². The summed E-state index contributed by atoms with van der Waals surface area (Å²) in [4.78, 5) is 6.06. The van der Waals surface area contributed by atoms with Gasteiger partial charge in [-0.1, -0.05) is 43.0 Å². The van der Waals surface area contributed by atoms with Crippen LogP contribution in [-0.4, -0.2) is 4.98 Å². The quantitative estimate of drug-likeness (QED) is 0.313. The molecule has 0 unspecified atom stereocenters. The molecule has 30 heavy (non-hydrogen) atoms. The second-order valence-electron chi connectivity index (χ2n) is 6.81. The second-order valence-corrected chi connectivity index (χ2v) is 7.83. The molecule has 0 aliphatic carbocycles. The zero-order valence-electron chi connectivity index (χ0n) is 16.5. The average molecular weight is 416 g/mol. The maximum absolute atomic E-state index is 13.6. The topological polar surface area (TPSA) is 12.9 Å². The maximum Gasteiger partial charge on any atom is 0.123 e. The first kappa shape index (κ1) is 20.0. The molecular formula is C26H19F2NS. The van der Waals surface area contributed by atoms with Crippen LogP contribution in [0, 0.1) is 23.5 Å². The van der Waals surface area contributed by atoms with Crippen LogP contribution in [0.5, 0.6) is 0 Å². The molecule has 4 rings (SSSR count). The first-order chi connectivity index (χ1) is 14.7. The number of unbranched alkanes of at least 4 members (excludes halogenated alkanes) is 1. The Morgan fingerprint density at radius 1 is 0.767 bits per heavy atom. The number of thiophene rings is 1. The van der Waals surface area contributed by atoms with E-state index in [2.05, 4.69) is 23.7 Å². The summed E-state index contributed by atoms with van der Waals surface area (Å²) in [5.41, 5.74) is 4.77. The number of pyridine rings is 1. The Labute approximate surface area is 179 Å². The van der Waals surface area contributed by atoms with E-state index in [1.165, 1.54) is 24.3 Å². The van der Waals surface area contributed by atoms with E-state index in [1.54, 1.807) is 48.0 Å². The fourth-order valence-electron chi connectivity index (χ4n) is 3.28. The molecule has 0 saturated carbocycles. The maximum atomic E-state index is 13.6. The molecule has 2 heterocycles. The average Bonchev–Trinajstić information content (AvgIpc) is 3.15. The molecule has 0 bridgehead atoms. The van der Waals surface area contributed by atoms with Crippen molar-refractivity contribution in [3.05, 3.63) is 89.6 Å². The normalized spacial score (nSPS) is 10.5. The summed E-state index contributed by atoms with van der Waals surface area (Å²) in [5, 5.41) is 0. The summed E-state index contributed by atoms with van der Waals surface area (Å²) in [6, 6.07) is 16.9. The first-order valence-corrected chi connectivity index (χ1v) is 10.6. The molecule has 4 heteroatoms. The molecule has 0 N–H and O–H groups in total. The van der Waals surface area contributed by atoms with Crippen molar-refractivity contribution in [2.75, 3.05) is 0 Å². The van der Waals surface area contributed by atoms with E-state index >= 15 is 0 Å². The lowest BCUT2D eigenvalue weighted by Gasteiger charge is -2.09. The fourth-order valence-corrected chi connectivity index (χ4v) is 4.50. The highest BCUT2D eigenvalue weighted by Gasteiger charge is 2.21. The molecule has 2 aromatic carbocycles. The van der Waals surface area contributed by atoms with Crippen molar-refractivity contribution in [3.63, 3.8) is 0 Å². The predicted octanol–water partition coefficient (Wildman–Crippen LogP) is 7.57. The third-order valence-electron chi connectivity index (χ3n) is 4.69. The van der Waals surface area contributed by atoms with Crippen molar-refractivity contribution >= 4 is 11.3 Å². The molecule has 148 valence electrons. The molecule has 0 fully saturated rings. The number of hydrogen-bond donors (Lipinski definition) is 0. The summed E-state index contributed by atoms with van der Waals surface area (Å²) >= 11 is 1.58. The molecule has 0 saturated heterocycles. The molecule has 0 aliphatic heterocycles. The van der Waals surface area contributed by atoms with Crippen LogP contribution in [0.2, 0.25) is 0 Å². The predicted molar refractivity (Wildman–Crippen MR) is 120 cm³/mol. The van der Waals surface area contributed by atoms with E-state index in [0.717, 1.165) is 50.4 Å². The van der Waals surface area contributed by atoms with Crippen LogP contribution < -0.4 is 0 Å².